The van der Waals surface area contributed by atoms with E-state index < -0.39 is 5.91 Å². The Labute approximate surface area is 167 Å². The summed E-state index contributed by atoms with van der Waals surface area (Å²) in [6.45, 7) is -0.180. The summed E-state index contributed by atoms with van der Waals surface area (Å²) in [6.07, 6.45) is 1.99. The molecule has 4 rings (SSSR count). The fraction of sp³-hybridized carbons (Fsp3) is 0.190. The van der Waals surface area contributed by atoms with Crippen LogP contribution in [0.2, 0.25) is 0 Å². The van der Waals surface area contributed by atoms with E-state index in [-0.39, 0.29) is 18.4 Å². The highest BCUT2D eigenvalue weighted by Crippen LogP contribution is 2.38. The van der Waals surface area contributed by atoms with E-state index >= 15 is 0 Å². The zero-order valence-corrected chi connectivity index (χ0v) is 15.8. The second kappa shape index (κ2) is 7.67. The first kappa shape index (κ1) is 18.5. The van der Waals surface area contributed by atoms with E-state index in [1.807, 2.05) is 41.0 Å². The van der Waals surface area contributed by atoms with E-state index in [9.17, 15) is 9.59 Å². The molecule has 0 spiro atoms. The number of hydrogen-bond donors (Lipinski definition) is 2. The molecule has 2 heterocycles. The number of nitrogens with zero attached hydrogens (tertiary/aromatic N) is 2. The number of carbonyl (C=O) groups is 2. The Morgan fingerprint density at radius 2 is 2.03 bits per heavy atom. The van der Waals surface area contributed by atoms with Crippen molar-refractivity contribution in [1.82, 2.24) is 9.55 Å². The Morgan fingerprint density at radius 1 is 1.24 bits per heavy atom. The number of anilines is 1. The Morgan fingerprint density at radius 3 is 2.76 bits per heavy atom. The lowest BCUT2D eigenvalue weighted by atomic mass is 9.90. The van der Waals surface area contributed by atoms with Gasteiger partial charge >= 0.3 is 0 Å². The van der Waals surface area contributed by atoms with Gasteiger partial charge < -0.3 is 20.5 Å². The molecule has 148 valence electrons. The molecule has 3 aromatic rings. The van der Waals surface area contributed by atoms with Crippen LogP contribution in [-0.2, 0) is 9.59 Å². The van der Waals surface area contributed by atoms with Crippen LogP contribution >= 0.6 is 0 Å². The minimum absolute atomic E-state index is 0.0822. The van der Waals surface area contributed by atoms with Crippen LogP contribution in [-0.4, -0.2) is 35.1 Å². The number of ether oxygens (including phenoxy) is 2. The molecule has 1 atom stereocenters. The maximum atomic E-state index is 12.4. The number of amides is 2. The van der Waals surface area contributed by atoms with Gasteiger partial charge in [-0.05, 0) is 29.8 Å². The largest absolute Gasteiger partial charge is 0.497 e. The van der Waals surface area contributed by atoms with Gasteiger partial charge in [-0.2, -0.15) is 0 Å². The van der Waals surface area contributed by atoms with Gasteiger partial charge in [0.15, 0.2) is 6.61 Å². The quantitative estimate of drug-likeness (QED) is 0.669. The molecule has 0 saturated heterocycles. The van der Waals surface area contributed by atoms with Gasteiger partial charge in [-0.1, -0.05) is 18.2 Å². The van der Waals surface area contributed by atoms with Gasteiger partial charge in [0.1, 0.15) is 23.6 Å². The molecule has 0 bridgehead atoms. The highest BCUT2D eigenvalue weighted by molar-refractivity contribution is 5.94. The van der Waals surface area contributed by atoms with Crippen molar-refractivity contribution in [3.05, 3.63) is 66.1 Å². The Kier molecular flexibility index (Phi) is 4.90. The van der Waals surface area contributed by atoms with Crippen LogP contribution < -0.4 is 20.5 Å². The average Bonchev–Trinajstić information content (AvgIpc) is 3.16. The molecule has 0 radical (unpaired) electrons. The van der Waals surface area contributed by atoms with Crippen molar-refractivity contribution in [3.63, 3.8) is 0 Å². The number of primary amides is 1. The standard InChI is InChI=1S/C21H20N4O4/c1-28-16-4-2-3-14(9-16)25-12-23-20-17(10-19(27)24-21(20)25)13-5-7-15(8-6-13)29-11-18(22)26/h2-9,12,17H,10-11H2,1H3,(H2,22,26)(H,24,27). The summed E-state index contributed by atoms with van der Waals surface area (Å²) in [5.41, 5.74) is 7.66. The Hall–Kier alpha value is -3.81. The number of aromatic nitrogens is 2. The second-order valence-electron chi connectivity index (χ2n) is 6.68. The first-order valence-corrected chi connectivity index (χ1v) is 9.07. The fourth-order valence-corrected chi connectivity index (χ4v) is 3.39. The minimum atomic E-state index is -0.536. The number of nitrogens with two attached hydrogens (primary N) is 1. The van der Waals surface area contributed by atoms with Crippen LogP contribution in [0.5, 0.6) is 11.5 Å². The number of nitrogens with one attached hydrogen (secondary N) is 1. The number of imidazole rings is 1. The number of hydrogen-bond acceptors (Lipinski definition) is 5. The minimum Gasteiger partial charge on any atom is -0.497 e. The number of carbonyl (C=O) groups excluding carboxylic acids is 2. The maximum absolute atomic E-state index is 12.4. The summed E-state index contributed by atoms with van der Waals surface area (Å²) >= 11 is 0. The topological polar surface area (TPSA) is 108 Å². The van der Waals surface area contributed by atoms with Gasteiger partial charge in [-0.3, -0.25) is 14.2 Å². The molecule has 2 amide bonds. The summed E-state index contributed by atoms with van der Waals surface area (Å²) in [6, 6.07) is 14.8. The third kappa shape index (κ3) is 3.77. The van der Waals surface area contributed by atoms with Crippen LogP contribution in [0.4, 0.5) is 5.82 Å². The number of benzene rings is 2. The molecule has 0 fully saturated rings. The zero-order valence-electron chi connectivity index (χ0n) is 15.8. The van der Waals surface area contributed by atoms with Crippen molar-refractivity contribution in [3.8, 4) is 17.2 Å². The molecule has 1 aliphatic rings. The molecule has 29 heavy (non-hydrogen) atoms. The van der Waals surface area contributed by atoms with Gasteiger partial charge in [0, 0.05) is 18.4 Å². The molecule has 0 saturated carbocycles. The maximum Gasteiger partial charge on any atom is 0.255 e. The molecular weight excluding hydrogens is 372 g/mol. The molecule has 1 aliphatic heterocycles. The predicted octanol–water partition coefficient (Wildman–Crippen LogP) is 2.22. The van der Waals surface area contributed by atoms with Gasteiger partial charge in [0.2, 0.25) is 5.91 Å². The van der Waals surface area contributed by atoms with Crippen LogP contribution in [0.25, 0.3) is 5.69 Å². The van der Waals surface area contributed by atoms with E-state index in [4.69, 9.17) is 15.2 Å². The molecule has 8 nitrogen and oxygen atoms in total. The predicted molar refractivity (Wildman–Crippen MR) is 106 cm³/mol. The lowest BCUT2D eigenvalue weighted by Crippen LogP contribution is -2.25. The van der Waals surface area contributed by atoms with Crippen molar-refractivity contribution in [2.24, 2.45) is 5.73 Å². The molecule has 1 unspecified atom stereocenters. The molecular formula is C21H20N4O4. The number of rotatable bonds is 6. The SMILES string of the molecule is COc1cccc(-n2cnc3c2NC(=O)CC3c2ccc(OCC(N)=O)cc2)c1. The lowest BCUT2D eigenvalue weighted by Gasteiger charge is -2.23. The third-order valence-electron chi connectivity index (χ3n) is 4.77. The normalized spacial score (nSPS) is 15.3. The summed E-state index contributed by atoms with van der Waals surface area (Å²) in [4.78, 5) is 27.8. The number of methoxy groups -OCH3 is 1. The van der Waals surface area contributed by atoms with Crippen LogP contribution in [0.1, 0.15) is 23.6 Å². The van der Waals surface area contributed by atoms with E-state index in [0.29, 0.717) is 18.0 Å². The Balaban J connectivity index is 1.66. The van der Waals surface area contributed by atoms with Gasteiger partial charge in [-0.15, -0.1) is 0 Å². The summed E-state index contributed by atoms with van der Waals surface area (Å²) < 4.78 is 12.4. The van der Waals surface area contributed by atoms with Crippen molar-refractivity contribution < 1.29 is 19.1 Å². The molecule has 3 N–H and O–H groups in total. The summed E-state index contributed by atoms with van der Waals surface area (Å²) in [5.74, 6) is 1.10. The third-order valence-corrected chi connectivity index (χ3v) is 4.77. The highest BCUT2D eigenvalue weighted by Gasteiger charge is 2.31. The summed E-state index contributed by atoms with van der Waals surface area (Å²) in [7, 11) is 1.61. The molecule has 8 heteroatoms. The average molecular weight is 392 g/mol. The van der Waals surface area contributed by atoms with Gasteiger partial charge in [-0.25, -0.2) is 4.98 Å². The number of fused-ring (bicyclic) bond motifs is 1. The van der Waals surface area contributed by atoms with E-state index in [1.54, 1.807) is 25.6 Å². The summed E-state index contributed by atoms with van der Waals surface area (Å²) in [5, 5.41) is 2.93. The first-order chi connectivity index (χ1) is 14.0. The van der Waals surface area contributed by atoms with Gasteiger partial charge in [0.05, 0.1) is 18.5 Å². The molecule has 0 aliphatic carbocycles. The lowest BCUT2D eigenvalue weighted by molar-refractivity contribution is -0.120. The Bertz CT molecular complexity index is 1060. The van der Waals surface area contributed by atoms with Crippen LogP contribution in [0.3, 0.4) is 0 Å². The smallest absolute Gasteiger partial charge is 0.255 e. The molecule has 1 aromatic heterocycles. The van der Waals surface area contributed by atoms with E-state index in [2.05, 4.69) is 10.3 Å². The second-order valence-corrected chi connectivity index (χ2v) is 6.68. The van der Waals surface area contributed by atoms with E-state index in [1.165, 1.54) is 0 Å². The van der Waals surface area contributed by atoms with Gasteiger partial charge in [0.25, 0.3) is 5.91 Å². The van der Waals surface area contributed by atoms with Crippen molar-refractivity contribution in [2.75, 3.05) is 19.0 Å². The van der Waals surface area contributed by atoms with Crippen molar-refractivity contribution in [1.29, 1.82) is 0 Å². The first-order valence-electron chi connectivity index (χ1n) is 9.07. The molecule has 2 aromatic carbocycles. The van der Waals surface area contributed by atoms with E-state index in [0.717, 1.165) is 22.7 Å². The van der Waals surface area contributed by atoms with Crippen LogP contribution in [0, 0.1) is 0 Å². The fourth-order valence-electron chi connectivity index (χ4n) is 3.39. The van der Waals surface area contributed by atoms with Crippen molar-refractivity contribution >= 4 is 17.6 Å². The highest BCUT2D eigenvalue weighted by atomic mass is 16.5. The zero-order chi connectivity index (χ0) is 20.4. The monoisotopic (exact) mass is 392 g/mol. The van der Waals surface area contributed by atoms with Crippen molar-refractivity contribution in [2.45, 2.75) is 12.3 Å². The van der Waals surface area contributed by atoms with Crippen LogP contribution in [0.15, 0.2) is 54.9 Å².